The number of anilines is 1. The standard InChI is InChI=1S/C18H13FN2O6S/c1-26-12-3-4-13(14(8-12)21(24)25)20-17(22)9-27-18(23)16-7-10-6-11(19)2-5-15(10)28-16/h2-8H,9H2,1H3,(H,20,22). The zero-order valence-corrected chi connectivity index (χ0v) is 15.2. The average Bonchev–Trinajstić information content (AvgIpc) is 3.09. The van der Waals surface area contributed by atoms with Crippen LogP contribution in [-0.2, 0) is 9.53 Å². The van der Waals surface area contributed by atoms with Gasteiger partial charge in [0.05, 0.1) is 18.1 Å². The van der Waals surface area contributed by atoms with Gasteiger partial charge in [-0.25, -0.2) is 9.18 Å². The zero-order chi connectivity index (χ0) is 20.3. The fourth-order valence-corrected chi connectivity index (χ4v) is 3.34. The molecule has 0 saturated carbocycles. The lowest BCUT2D eigenvalue weighted by molar-refractivity contribution is -0.384. The second-order valence-corrected chi connectivity index (χ2v) is 6.64. The zero-order valence-electron chi connectivity index (χ0n) is 14.4. The van der Waals surface area contributed by atoms with Crippen LogP contribution in [0.2, 0.25) is 0 Å². The van der Waals surface area contributed by atoms with Crippen molar-refractivity contribution in [3.63, 3.8) is 0 Å². The number of rotatable bonds is 6. The Labute approximate surface area is 161 Å². The monoisotopic (exact) mass is 404 g/mol. The number of halogens is 1. The molecular formula is C18H13FN2O6S. The van der Waals surface area contributed by atoms with E-state index in [4.69, 9.17) is 9.47 Å². The number of thiophene rings is 1. The highest BCUT2D eigenvalue weighted by Crippen LogP contribution is 2.29. The van der Waals surface area contributed by atoms with Crippen LogP contribution in [0.4, 0.5) is 15.8 Å². The summed E-state index contributed by atoms with van der Waals surface area (Å²) in [7, 11) is 1.36. The predicted molar refractivity (Wildman–Crippen MR) is 100 cm³/mol. The molecule has 0 saturated heterocycles. The number of nitrogens with one attached hydrogen (secondary N) is 1. The van der Waals surface area contributed by atoms with Crippen molar-refractivity contribution < 1.29 is 28.4 Å². The Bertz CT molecular complexity index is 1080. The molecule has 1 amide bonds. The number of amides is 1. The minimum absolute atomic E-state index is 0.0517. The fraction of sp³-hybridized carbons (Fsp3) is 0.111. The van der Waals surface area contributed by atoms with E-state index in [2.05, 4.69) is 5.32 Å². The smallest absolute Gasteiger partial charge is 0.348 e. The highest BCUT2D eigenvalue weighted by Gasteiger charge is 2.19. The van der Waals surface area contributed by atoms with E-state index in [0.717, 1.165) is 17.4 Å². The number of esters is 1. The van der Waals surface area contributed by atoms with Crippen molar-refractivity contribution >= 4 is 44.7 Å². The quantitative estimate of drug-likeness (QED) is 0.381. The van der Waals surface area contributed by atoms with Gasteiger partial charge in [-0.05, 0) is 41.8 Å². The summed E-state index contributed by atoms with van der Waals surface area (Å²) >= 11 is 1.10. The maximum atomic E-state index is 13.2. The van der Waals surface area contributed by atoms with Crippen LogP contribution in [0.15, 0.2) is 42.5 Å². The summed E-state index contributed by atoms with van der Waals surface area (Å²) in [5.41, 5.74) is -0.408. The van der Waals surface area contributed by atoms with Gasteiger partial charge in [0.1, 0.15) is 22.1 Å². The van der Waals surface area contributed by atoms with Gasteiger partial charge in [0.15, 0.2) is 6.61 Å². The van der Waals surface area contributed by atoms with Gasteiger partial charge < -0.3 is 14.8 Å². The van der Waals surface area contributed by atoms with Gasteiger partial charge in [-0.2, -0.15) is 0 Å². The minimum atomic E-state index is -0.749. The van der Waals surface area contributed by atoms with Gasteiger partial charge in [-0.1, -0.05) is 0 Å². The van der Waals surface area contributed by atoms with Crippen molar-refractivity contribution in [2.75, 3.05) is 19.0 Å². The van der Waals surface area contributed by atoms with Crippen LogP contribution in [-0.4, -0.2) is 30.5 Å². The molecule has 1 heterocycles. The molecule has 0 atom stereocenters. The third-order valence-corrected chi connectivity index (χ3v) is 4.79. The first kappa shape index (κ1) is 19.2. The van der Waals surface area contributed by atoms with Crippen LogP contribution >= 0.6 is 11.3 Å². The van der Waals surface area contributed by atoms with E-state index in [9.17, 15) is 24.1 Å². The Balaban J connectivity index is 1.65. The normalized spacial score (nSPS) is 10.5. The van der Waals surface area contributed by atoms with E-state index in [1.54, 1.807) is 6.07 Å². The van der Waals surface area contributed by atoms with Crippen LogP contribution in [0.3, 0.4) is 0 Å². The molecule has 1 aromatic heterocycles. The molecule has 0 aliphatic carbocycles. The molecule has 0 radical (unpaired) electrons. The van der Waals surface area contributed by atoms with Crippen molar-refractivity contribution in [3.05, 3.63) is 63.3 Å². The second kappa shape index (κ2) is 8.01. The summed E-state index contributed by atoms with van der Waals surface area (Å²) in [4.78, 5) is 34.8. The first-order valence-electron chi connectivity index (χ1n) is 7.86. The number of nitro groups is 1. The van der Waals surface area contributed by atoms with Crippen molar-refractivity contribution in [3.8, 4) is 5.75 Å². The van der Waals surface area contributed by atoms with Crippen molar-refractivity contribution in [2.45, 2.75) is 0 Å². The van der Waals surface area contributed by atoms with E-state index in [-0.39, 0.29) is 22.0 Å². The summed E-state index contributed by atoms with van der Waals surface area (Å²) in [6.07, 6.45) is 0. The Kier molecular flexibility index (Phi) is 5.50. The van der Waals surface area contributed by atoms with Gasteiger partial charge in [-0.3, -0.25) is 14.9 Å². The molecule has 0 spiro atoms. The predicted octanol–water partition coefficient (Wildman–Crippen LogP) is 3.75. The Hall–Kier alpha value is -3.53. The lowest BCUT2D eigenvalue weighted by Crippen LogP contribution is -2.21. The maximum Gasteiger partial charge on any atom is 0.348 e. The van der Waals surface area contributed by atoms with Gasteiger partial charge >= 0.3 is 5.97 Å². The third-order valence-electron chi connectivity index (χ3n) is 3.69. The number of hydrogen-bond donors (Lipinski definition) is 1. The summed E-state index contributed by atoms with van der Waals surface area (Å²) in [6, 6.07) is 9.51. The molecule has 0 aliphatic heterocycles. The second-order valence-electron chi connectivity index (χ2n) is 5.56. The largest absolute Gasteiger partial charge is 0.496 e. The highest BCUT2D eigenvalue weighted by molar-refractivity contribution is 7.20. The highest BCUT2D eigenvalue weighted by atomic mass is 32.1. The maximum absolute atomic E-state index is 13.2. The topological polar surface area (TPSA) is 108 Å². The number of nitrogens with zero attached hydrogens (tertiary/aromatic N) is 1. The minimum Gasteiger partial charge on any atom is -0.496 e. The number of methoxy groups -OCH3 is 1. The first-order chi connectivity index (χ1) is 13.4. The number of ether oxygens (including phenoxy) is 2. The summed E-state index contributed by atoms with van der Waals surface area (Å²) < 4.78 is 23.8. The molecule has 0 fully saturated rings. The lowest BCUT2D eigenvalue weighted by atomic mass is 10.2. The molecule has 1 N–H and O–H groups in total. The fourth-order valence-electron chi connectivity index (χ4n) is 2.40. The molecule has 0 bridgehead atoms. The molecule has 0 unspecified atom stereocenters. The number of hydrogen-bond acceptors (Lipinski definition) is 7. The van der Waals surface area contributed by atoms with Crippen LogP contribution in [0, 0.1) is 15.9 Å². The van der Waals surface area contributed by atoms with Crippen molar-refractivity contribution in [1.82, 2.24) is 0 Å². The van der Waals surface area contributed by atoms with Crippen molar-refractivity contribution in [2.24, 2.45) is 0 Å². The van der Waals surface area contributed by atoms with E-state index in [1.165, 1.54) is 37.4 Å². The van der Waals surface area contributed by atoms with Gasteiger partial charge in [0.2, 0.25) is 0 Å². The molecule has 3 rings (SSSR count). The van der Waals surface area contributed by atoms with E-state index in [1.807, 2.05) is 0 Å². The molecule has 144 valence electrons. The first-order valence-corrected chi connectivity index (χ1v) is 8.67. The van der Waals surface area contributed by atoms with Crippen LogP contribution in [0.1, 0.15) is 9.67 Å². The number of fused-ring (bicyclic) bond motifs is 1. The lowest BCUT2D eigenvalue weighted by Gasteiger charge is -2.08. The Morgan fingerprint density at radius 3 is 2.71 bits per heavy atom. The molecule has 0 aliphatic rings. The number of nitro benzene ring substituents is 1. The average molecular weight is 404 g/mol. The van der Waals surface area contributed by atoms with Crippen LogP contribution in [0.25, 0.3) is 10.1 Å². The molecule has 10 heteroatoms. The molecule has 28 heavy (non-hydrogen) atoms. The van der Waals surface area contributed by atoms with Crippen LogP contribution in [0.5, 0.6) is 5.75 Å². The number of carbonyl (C=O) groups is 2. The Morgan fingerprint density at radius 2 is 2.00 bits per heavy atom. The third kappa shape index (κ3) is 4.23. The summed E-state index contributed by atoms with van der Waals surface area (Å²) in [5, 5.41) is 14.0. The number of benzene rings is 2. The van der Waals surface area contributed by atoms with Gasteiger partial charge in [0.25, 0.3) is 11.6 Å². The van der Waals surface area contributed by atoms with Gasteiger partial charge in [-0.15, -0.1) is 11.3 Å². The SMILES string of the molecule is COc1ccc(NC(=O)COC(=O)c2cc3cc(F)ccc3s2)c([N+](=O)[O-])c1. The molecule has 8 nitrogen and oxygen atoms in total. The summed E-state index contributed by atoms with van der Waals surface area (Å²) in [5.74, 6) is -1.65. The van der Waals surface area contributed by atoms with E-state index >= 15 is 0 Å². The Morgan fingerprint density at radius 1 is 1.21 bits per heavy atom. The molecule has 2 aromatic carbocycles. The number of carbonyl (C=O) groups excluding carboxylic acids is 2. The van der Waals surface area contributed by atoms with Crippen molar-refractivity contribution in [1.29, 1.82) is 0 Å². The van der Waals surface area contributed by atoms with E-state index in [0.29, 0.717) is 10.1 Å². The van der Waals surface area contributed by atoms with Gasteiger partial charge in [0, 0.05) is 4.70 Å². The molecular weight excluding hydrogens is 391 g/mol. The van der Waals surface area contributed by atoms with Crippen LogP contribution < -0.4 is 10.1 Å². The molecule has 3 aromatic rings. The van der Waals surface area contributed by atoms with E-state index < -0.39 is 29.2 Å². The summed E-state index contributed by atoms with van der Waals surface area (Å²) in [6.45, 7) is -0.634.